The van der Waals surface area contributed by atoms with Crippen LogP contribution in [-0.4, -0.2) is 29.5 Å². The van der Waals surface area contributed by atoms with Crippen molar-refractivity contribution in [1.82, 2.24) is 15.5 Å². The maximum Gasteiger partial charge on any atom is 0.0586 e. The topological polar surface area (TPSA) is 49.9 Å². The van der Waals surface area contributed by atoms with Crippen molar-refractivity contribution in [2.24, 2.45) is 0 Å². The van der Waals surface area contributed by atoms with Gasteiger partial charge in [-0.1, -0.05) is 0 Å². The minimum atomic E-state index is 0.443. The van der Waals surface area contributed by atoms with Crippen LogP contribution in [0, 0.1) is 0 Å². The van der Waals surface area contributed by atoms with Crippen molar-refractivity contribution in [2.75, 3.05) is 7.11 Å². The predicted octanol–water partition coefficient (Wildman–Crippen LogP) is 1.46. The first-order valence-corrected chi connectivity index (χ1v) is 5.63. The summed E-state index contributed by atoms with van der Waals surface area (Å²) in [6.45, 7) is 0.876. The third kappa shape index (κ3) is 3.04. The molecule has 0 aliphatic heterocycles. The molecule has 0 amide bonds. The van der Waals surface area contributed by atoms with Crippen LogP contribution < -0.4 is 5.32 Å². The Labute approximate surface area is 90.4 Å². The lowest BCUT2D eigenvalue weighted by atomic mass is 9.93. The lowest BCUT2D eigenvalue weighted by Crippen LogP contribution is -2.36. The fourth-order valence-electron chi connectivity index (χ4n) is 2.18. The number of H-pyrrole nitrogens is 1. The smallest absolute Gasteiger partial charge is 0.0586 e. The van der Waals surface area contributed by atoms with Crippen molar-refractivity contribution in [3.05, 3.63) is 18.0 Å². The van der Waals surface area contributed by atoms with Gasteiger partial charge in [0.1, 0.15) is 0 Å². The summed E-state index contributed by atoms with van der Waals surface area (Å²) in [6, 6.07) is 2.59. The van der Waals surface area contributed by atoms with E-state index >= 15 is 0 Å². The molecular weight excluding hydrogens is 190 g/mol. The largest absolute Gasteiger partial charge is 0.381 e. The van der Waals surface area contributed by atoms with Crippen molar-refractivity contribution in [3.8, 4) is 0 Å². The third-order valence-electron chi connectivity index (χ3n) is 3.10. The molecular formula is C11H19N3O. The minimum absolute atomic E-state index is 0.443. The summed E-state index contributed by atoms with van der Waals surface area (Å²) in [7, 11) is 1.81. The van der Waals surface area contributed by atoms with Crippen LogP contribution in [0.1, 0.15) is 31.4 Å². The van der Waals surface area contributed by atoms with E-state index in [1.54, 1.807) is 6.20 Å². The zero-order chi connectivity index (χ0) is 10.5. The minimum Gasteiger partial charge on any atom is -0.381 e. The molecule has 1 aliphatic carbocycles. The van der Waals surface area contributed by atoms with Gasteiger partial charge < -0.3 is 10.1 Å². The first-order valence-electron chi connectivity index (χ1n) is 5.63. The van der Waals surface area contributed by atoms with Gasteiger partial charge >= 0.3 is 0 Å². The van der Waals surface area contributed by atoms with E-state index in [4.69, 9.17) is 4.74 Å². The molecule has 1 saturated carbocycles. The van der Waals surface area contributed by atoms with Crippen LogP contribution in [0.3, 0.4) is 0 Å². The van der Waals surface area contributed by atoms with Gasteiger partial charge in [-0.05, 0) is 31.7 Å². The van der Waals surface area contributed by atoms with Gasteiger partial charge in [-0.25, -0.2) is 0 Å². The van der Waals surface area contributed by atoms with Crippen LogP contribution in [0.4, 0.5) is 0 Å². The number of nitrogens with one attached hydrogen (secondary N) is 2. The molecule has 2 rings (SSSR count). The Bertz CT molecular complexity index is 273. The van der Waals surface area contributed by atoms with Crippen LogP contribution in [0.2, 0.25) is 0 Å². The quantitative estimate of drug-likeness (QED) is 0.789. The number of ether oxygens (including phenoxy) is 1. The van der Waals surface area contributed by atoms with E-state index in [0.717, 1.165) is 18.7 Å². The highest BCUT2D eigenvalue weighted by molar-refractivity contribution is 4.97. The monoisotopic (exact) mass is 209 g/mol. The molecule has 0 radical (unpaired) electrons. The van der Waals surface area contributed by atoms with Crippen molar-refractivity contribution in [1.29, 1.82) is 0 Å². The zero-order valence-corrected chi connectivity index (χ0v) is 9.20. The Kier molecular flexibility index (Phi) is 3.75. The highest BCUT2D eigenvalue weighted by Gasteiger charge is 2.20. The normalized spacial score (nSPS) is 26.7. The van der Waals surface area contributed by atoms with Gasteiger partial charge in [-0.15, -0.1) is 0 Å². The Morgan fingerprint density at radius 2 is 2.53 bits per heavy atom. The van der Waals surface area contributed by atoms with E-state index in [2.05, 4.69) is 15.5 Å². The average Bonchev–Trinajstić information content (AvgIpc) is 2.79. The number of hydrogen-bond donors (Lipinski definition) is 2. The van der Waals surface area contributed by atoms with Crippen molar-refractivity contribution in [3.63, 3.8) is 0 Å². The molecule has 2 atom stereocenters. The van der Waals surface area contributed by atoms with Gasteiger partial charge in [0.05, 0.1) is 6.10 Å². The van der Waals surface area contributed by atoms with Crippen LogP contribution in [-0.2, 0) is 11.3 Å². The number of aromatic nitrogens is 2. The molecule has 0 aromatic carbocycles. The molecule has 2 unspecified atom stereocenters. The second kappa shape index (κ2) is 5.28. The molecule has 1 aromatic rings. The lowest BCUT2D eigenvalue weighted by molar-refractivity contribution is 0.0585. The van der Waals surface area contributed by atoms with E-state index in [1.807, 2.05) is 13.2 Å². The van der Waals surface area contributed by atoms with Crippen molar-refractivity contribution in [2.45, 2.75) is 44.4 Å². The summed E-state index contributed by atoms with van der Waals surface area (Å²) >= 11 is 0. The van der Waals surface area contributed by atoms with E-state index in [9.17, 15) is 0 Å². The van der Waals surface area contributed by atoms with Crippen LogP contribution in [0.5, 0.6) is 0 Å². The molecule has 1 aliphatic rings. The molecule has 0 bridgehead atoms. The van der Waals surface area contributed by atoms with Gasteiger partial charge in [0.15, 0.2) is 0 Å². The SMILES string of the molecule is COC1CCCC(NCc2ccn[nH]2)C1. The van der Waals surface area contributed by atoms with E-state index in [1.165, 1.54) is 19.3 Å². The van der Waals surface area contributed by atoms with Gasteiger partial charge in [0, 0.05) is 31.6 Å². The first kappa shape index (κ1) is 10.6. The zero-order valence-electron chi connectivity index (χ0n) is 9.20. The third-order valence-corrected chi connectivity index (χ3v) is 3.10. The van der Waals surface area contributed by atoms with Crippen molar-refractivity contribution >= 4 is 0 Å². The summed E-state index contributed by atoms with van der Waals surface area (Å²) in [5.74, 6) is 0. The second-order valence-electron chi connectivity index (χ2n) is 4.18. The van der Waals surface area contributed by atoms with E-state index < -0.39 is 0 Å². The highest BCUT2D eigenvalue weighted by atomic mass is 16.5. The molecule has 15 heavy (non-hydrogen) atoms. The standard InChI is InChI=1S/C11H19N3O/c1-15-11-4-2-3-9(7-11)12-8-10-5-6-13-14-10/h5-6,9,11-12H,2-4,7-8H2,1H3,(H,13,14). The summed E-state index contributed by atoms with van der Waals surface area (Å²) in [6.07, 6.45) is 7.09. The van der Waals surface area contributed by atoms with Crippen LogP contribution >= 0.6 is 0 Å². The average molecular weight is 209 g/mol. The first-order chi connectivity index (χ1) is 7.38. The number of methoxy groups -OCH3 is 1. The van der Waals surface area contributed by atoms with Gasteiger partial charge in [0.25, 0.3) is 0 Å². The summed E-state index contributed by atoms with van der Waals surface area (Å²) in [5, 5.41) is 10.4. The van der Waals surface area contributed by atoms with Crippen LogP contribution in [0.25, 0.3) is 0 Å². The Morgan fingerprint density at radius 1 is 1.60 bits per heavy atom. The molecule has 4 heteroatoms. The Balaban J connectivity index is 1.74. The molecule has 2 N–H and O–H groups in total. The summed E-state index contributed by atoms with van der Waals surface area (Å²) in [5.41, 5.74) is 1.15. The number of hydrogen-bond acceptors (Lipinski definition) is 3. The Hall–Kier alpha value is -0.870. The van der Waals surface area contributed by atoms with E-state index in [-0.39, 0.29) is 0 Å². The number of rotatable bonds is 4. The molecule has 1 heterocycles. The fourth-order valence-corrected chi connectivity index (χ4v) is 2.18. The molecule has 1 aromatic heterocycles. The maximum absolute atomic E-state index is 5.40. The lowest BCUT2D eigenvalue weighted by Gasteiger charge is -2.28. The molecule has 1 fully saturated rings. The number of nitrogens with zero attached hydrogens (tertiary/aromatic N) is 1. The van der Waals surface area contributed by atoms with E-state index in [0.29, 0.717) is 12.1 Å². The molecule has 4 nitrogen and oxygen atoms in total. The predicted molar refractivity (Wildman–Crippen MR) is 58.5 cm³/mol. The molecule has 84 valence electrons. The maximum atomic E-state index is 5.40. The fraction of sp³-hybridized carbons (Fsp3) is 0.727. The van der Waals surface area contributed by atoms with Gasteiger partial charge in [0.2, 0.25) is 0 Å². The van der Waals surface area contributed by atoms with Gasteiger partial charge in [-0.2, -0.15) is 5.10 Å². The number of aromatic amines is 1. The van der Waals surface area contributed by atoms with Gasteiger partial charge in [-0.3, -0.25) is 5.10 Å². The van der Waals surface area contributed by atoms with Crippen LogP contribution in [0.15, 0.2) is 12.3 Å². The van der Waals surface area contributed by atoms with Crippen molar-refractivity contribution < 1.29 is 4.74 Å². The summed E-state index contributed by atoms with van der Waals surface area (Å²) < 4.78 is 5.40. The second-order valence-corrected chi connectivity index (χ2v) is 4.18. The highest BCUT2D eigenvalue weighted by Crippen LogP contribution is 2.20. The Morgan fingerprint density at radius 3 is 3.27 bits per heavy atom. The molecule has 0 saturated heterocycles. The summed E-state index contributed by atoms with van der Waals surface area (Å²) in [4.78, 5) is 0. The molecule has 0 spiro atoms.